The van der Waals surface area contributed by atoms with Crippen LogP contribution in [0.15, 0.2) is 23.3 Å². The van der Waals surface area contributed by atoms with Crippen molar-refractivity contribution in [2.75, 3.05) is 6.61 Å². The molecule has 0 aliphatic heterocycles. The normalized spacial score (nSPS) is 50.2. The fraction of sp³-hybridized carbons (Fsp3) is 0.810. The molecule has 4 aliphatic rings. The first kappa shape index (κ1) is 17.7. The van der Waals surface area contributed by atoms with Crippen LogP contribution in [-0.2, 0) is 0 Å². The Morgan fingerprint density at radius 2 is 1.92 bits per heavy atom. The van der Waals surface area contributed by atoms with Gasteiger partial charge in [-0.3, -0.25) is 0 Å². The molecule has 4 rings (SSSR count). The molecule has 0 unspecified atom stereocenters. The van der Waals surface area contributed by atoms with Crippen LogP contribution in [0, 0.1) is 28.6 Å². The van der Waals surface area contributed by atoms with Crippen molar-refractivity contribution in [2.24, 2.45) is 28.6 Å². The van der Waals surface area contributed by atoms with Crippen LogP contribution in [0.3, 0.4) is 0 Å². The lowest BCUT2D eigenvalue weighted by Gasteiger charge is -2.56. The molecule has 3 fully saturated rings. The number of hydrogen-bond donors (Lipinski definition) is 4. The predicted octanol–water partition coefficient (Wildman–Crippen LogP) is 2.17. The lowest BCUT2D eigenvalue weighted by molar-refractivity contribution is -0.0741. The molecule has 0 saturated heterocycles. The van der Waals surface area contributed by atoms with E-state index >= 15 is 0 Å². The third kappa shape index (κ3) is 2.41. The summed E-state index contributed by atoms with van der Waals surface area (Å²) in [5.41, 5.74) is 2.42. The van der Waals surface area contributed by atoms with Crippen molar-refractivity contribution in [3.8, 4) is 0 Å². The second-order valence-electron chi connectivity index (χ2n) is 9.41. The Kier molecular flexibility index (Phi) is 4.19. The zero-order valence-corrected chi connectivity index (χ0v) is 15.4. The van der Waals surface area contributed by atoms with Crippen LogP contribution >= 0.6 is 0 Å². The second kappa shape index (κ2) is 5.91. The molecule has 4 N–H and O–H groups in total. The van der Waals surface area contributed by atoms with Crippen LogP contribution in [0.25, 0.3) is 0 Å². The van der Waals surface area contributed by atoms with Crippen LogP contribution < -0.4 is 0 Å². The van der Waals surface area contributed by atoms with Gasteiger partial charge in [0, 0.05) is 5.92 Å². The fourth-order valence-corrected chi connectivity index (χ4v) is 6.91. The standard InChI is InChI=1S/C21H32O4/c1-20-8-7-13(23)9-12(20)3-4-14-15-5-6-16(18(25)11-22)21(15,2)10-17(24)19(14)20/h3-4,13,15-19,22-25H,5-11H2,1-2H3/t13-,15-,16+,17-,18+,19-,20+,21-/m0/s1. The maximum atomic E-state index is 11.2. The van der Waals surface area contributed by atoms with E-state index in [9.17, 15) is 20.4 Å². The average molecular weight is 348 g/mol. The summed E-state index contributed by atoms with van der Waals surface area (Å²) >= 11 is 0. The summed E-state index contributed by atoms with van der Waals surface area (Å²) in [6, 6.07) is 0. The van der Waals surface area contributed by atoms with Gasteiger partial charge in [-0.25, -0.2) is 0 Å². The first-order valence-corrected chi connectivity index (χ1v) is 9.87. The summed E-state index contributed by atoms with van der Waals surface area (Å²) in [5.74, 6) is 0.544. The molecule has 0 aromatic rings. The van der Waals surface area contributed by atoms with E-state index < -0.39 is 12.2 Å². The van der Waals surface area contributed by atoms with Crippen molar-refractivity contribution >= 4 is 0 Å². The van der Waals surface area contributed by atoms with Crippen molar-refractivity contribution in [3.63, 3.8) is 0 Å². The number of aliphatic hydroxyl groups is 4. The summed E-state index contributed by atoms with van der Waals surface area (Å²) in [7, 11) is 0. The summed E-state index contributed by atoms with van der Waals surface area (Å²) in [6.07, 6.45) is 8.09. The van der Waals surface area contributed by atoms with Crippen molar-refractivity contribution in [1.82, 2.24) is 0 Å². The highest BCUT2D eigenvalue weighted by Crippen LogP contribution is 2.65. The molecule has 0 heterocycles. The maximum absolute atomic E-state index is 11.2. The molecule has 4 aliphatic carbocycles. The molecule has 0 radical (unpaired) electrons. The van der Waals surface area contributed by atoms with Gasteiger partial charge in [0.15, 0.2) is 0 Å². The van der Waals surface area contributed by atoms with Crippen molar-refractivity contribution in [1.29, 1.82) is 0 Å². The molecule has 0 aromatic carbocycles. The molecule has 0 aromatic heterocycles. The zero-order valence-electron chi connectivity index (χ0n) is 15.4. The van der Waals surface area contributed by atoms with Gasteiger partial charge in [-0.2, -0.15) is 0 Å². The van der Waals surface area contributed by atoms with Gasteiger partial charge >= 0.3 is 0 Å². The van der Waals surface area contributed by atoms with Crippen molar-refractivity contribution in [2.45, 2.75) is 70.7 Å². The zero-order chi connectivity index (χ0) is 18.0. The van der Waals surface area contributed by atoms with Crippen LogP contribution in [0.1, 0.15) is 52.4 Å². The Bertz CT molecular complexity index is 611. The summed E-state index contributed by atoms with van der Waals surface area (Å²) in [4.78, 5) is 0. The third-order valence-electron chi connectivity index (χ3n) is 8.21. The molecule has 8 atom stereocenters. The van der Waals surface area contributed by atoms with Gasteiger partial charge in [0.25, 0.3) is 0 Å². The minimum atomic E-state index is -0.700. The molecule has 0 spiro atoms. The minimum absolute atomic E-state index is 0.0466. The number of aliphatic hydroxyl groups excluding tert-OH is 4. The number of hydrogen-bond acceptors (Lipinski definition) is 4. The molecule has 25 heavy (non-hydrogen) atoms. The fourth-order valence-electron chi connectivity index (χ4n) is 6.91. The number of fused-ring (bicyclic) bond motifs is 5. The van der Waals surface area contributed by atoms with Crippen LogP contribution in [0.5, 0.6) is 0 Å². The Hall–Kier alpha value is -0.680. The van der Waals surface area contributed by atoms with Crippen LogP contribution in [0.4, 0.5) is 0 Å². The van der Waals surface area contributed by atoms with Gasteiger partial charge in [-0.05, 0) is 61.2 Å². The summed E-state index contributed by atoms with van der Waals surface area (Å²) in [6.45, 7) is 4.26. The Morgan fingerprint density at radius 1 is 1.16 bits per heavy atom. The molecular formula is C21H32O4. The Labute approximate surface area is 150 Å². The van der Waals surface area contributed by atoms with Crippen LogP contribution in [-0.4, -0.2) is 45.3 Å². The Morgan fingerprint density at radius 3 is 2.64 bits per heavy atom. The SMILES string of the molecule is C[C@]12C[C@H](O)[C@@H]3C(=CC=C4C[C@@H](O)CC[C@]43C)[C@@H]1CC[C@@H]2[C@H](O)CO. The van der Waals surface area contributed by atoms with Gasteiger partial charge in [-0.15, -0.1) is 0 Å². The van der Waals surface area contributed by atoms with Crippen molar-refractivity contribution in [3.05, 3.63) is 23.3 Å². The van der Waals surface area contributed by atoms with Gasteiger partial charge in [0.05, 0.1) is 24.9 Å². The second-order valence-corrected chi connectivity index (χ2v) is 9.41. The van der Waals surface area contributed by atoms with E-state index in [0.717, 1.165) is 32.1 Å². The predicted molar refractivity (Wildman–Crippen MR) is 95.7 cm³/mol. The maximum Gasteiger partial charge on any atom is 0.0804 e. The molecule has 3 saturated carbocycles. The molecule has 4 nitrogen and oxygen atoms in total. The van der Waals surface area contributed by atoms with E-state index in [2.05, 4.69) is 26.0 Å². The van der Waals surface area contributed by atoms with Gasteiger partial charge in [-0.1, -0.05) is 37.1 Å². The molecular weight excluding hydrogens is 316 g/mol. The van der Waals surface area contributed by atoms with Gasteiger partial charge in [0.2, 0.25) is 0 Å². The quantitative estimate of drug-likeness (QED) is 0.616. The monoisotopic (exact) mass is 348 g/mol. The highest BCUT2D eigenvalue weighted by Gasteiger charge is 2.60. The van der Waals surface area contributed by atoms with Crippen molar-refractivity contribution < 1.29 is 20.4 Å². The lowest BCUT2D eigenvalue weighted by Crippen LogP contribution is -2.53. The van der Waals surface area contributed by atoms with E-state index in [4.69, 9.17) is 0 Å². The smallest absolute Gasteiger partial charge is 0.0804 e. The first-order chi connectivity index (χ1) is 11.8. The van der Waals surface area contributed by atoms with E-state index in [-0.39, 0.29) is 35.4 Å². The highest BCUT2D eigenvalue weighted by atomic mass is 16.3. The first-order valence-electron chi connectivity index (χ1n) is 9.87. The molecule has 4 heteroatoms. The third-order valence-corrected chi connectivity index (χ3v) is 8.21. The highest BCUT2D eigenvalue weighted by molar-refractivity contribution is 5.40. The molecule has 0 bridgehead atoms. The van der Waals surface area contributed by atoms with E-state index in [1.807, 2.05) is 0 Å². The van der Waals surface area contributed by atoms with Gasteiger partial charge in [0.1, 0.15) is 0 Å². The lowest BCUT2D eigenvalue weighted by atomic mass is 9.49. The molecule has 140 valence electrons. The Balaban J connectivity index is 1.73. The van der Waals surface area contributed by atoms with Crippen LogP contribution in [0.2, 0.25) is 0 Å². The minimum Gasteiger partial charge on any atom is -0.394 e. The topological polar surface area (TPSA) is 80.9 Å². The summed E-state index contributed by atoms with van der Waals surface area (Å²) in [5, 5.41) is 41.0. The number of rotatable bonds is 2. The molecule has 0 amide bonds. The van der Waals surface area contributed by atoms with Gasteiger partial charge < -0.3 is 20.4 Å². The van der Waals surface area contributed by atoms with E-state index in [1.54, 1.807) is 0 Å². The summed E-state index contributed by atoms with van der Waals surface area (Å²) < 4.78 is 0. The van der Waals surface area contributed by atoms with E-state index in [1.165, 1.54) is 11.1 Å². The number of allylic oxidation sites excluding steroid dienone is 2. The largest absolute Gasteiger partial charge is 0.394 e. The average Bonchev–Trinajstić information content (AvgIpc) is 2.91. The van der Waals surface area contributed by atoms with E-state index in [0.29, 0.717) is 12.3 Å².